The zero-order valence-corrected chi connectivity index (χ0v) is 20.7. The topological polar surface area (TPSA) is 32.3 Å². The first-order valence-electron chi connectivity index (χ1n) is 12.3. The van der Waals surface area contributed by atoms with Gasteiger partial charge in [-0.2, -0.15) is 0 Å². The average molecular weight is 493 g/mol. The fourth-order valence-electron chi connectivity index (χ4n) is 4.77. The number of likely N-dealkylation sites (tertiary alicyclic amines) is 1. The molecule has 2 aliphatic rings. The van der Waals surface area contributed by atoms with Crippen molar-refractivity contribution in [3.8, 4) is 0 Å². The van der Waals surface area contributed by atoms with Gasteiger partial charge >= 0.3 is 0 Å². The van der Waals surface area contributed by atoms with Crippen LogP contribution in [0.4, 0.5) is 14.5 Å². The lowest BCUT2D eigenvalue weighted by atomic mass is 9.86. The normalized spacial score (nSPS) is 16.9. The third kappa shape index (κ3) is 6.11. The van der Waals surface area contributed by atoms with Gasteiger partial charge in [0.2, 0.25) is 5.91 Å². The van der Waals surface area contributed by atoms with Gasteiger partial charge < -0.3 is 5.32 Å². The van der Waals surface area contributed by atoms with Crippen LogP contribution in [0.2, 0.25) is 0 Å². The first kappa shape index (κ1) is 24.0. The number of nitrogens with zero attached hydrogens (tertiary/aromatic N) is 1. The Hall–Kier alpha value is -2.70. The third-order valence-electron chi connectivity index (χ3n) is 6.97. The molecule has 0 radical (unpaired) electrons. The Bertz CT molecular complexity index is 1180. The fourth-order valence-corrected chi connectivity index (χ4v) is 5.58. The van der Waals surface area contributed by atoms with Crippen molar-refractivity contribution in [1.29, 1.82) is 0 Å². The Morgan fingerprint density at radius 2 is 1.57 bits per heavy atom. The third-order valence-corrected chi connectivity index (χ3v) is 7.98. The van der Waals surface area contributed by atoms with Crippen molar-refractivity contribution in [2.45, 2.75) is 54.9 Å². The van der Waals surface area contributed by atoms with Gasteiger partial charge in [0.15, 0.2) is 0 Å². The van der Waals surface area contributed by atoms with Crippen LogP contribution >= 0.6 is 11.8 Å². The van der Waals surface area contributed by atoms with E-state index in [2.05, 4.69) is 34.5 Å². The predicted molar refractivity (Wildman–Crippen MR) is 137 cm³/mol. The molecule has 1 saturated heterocycles. The summed E-state index contributed by atoms with van der Waals surface area (Å²) in [7, 11) is 0. The van der Waals surface area contributed by atoms with Gasteiger partial charge in [-0.3, -0.25) is 9.69 Å². The molecule has 1 aliphatic heterocycles. The summed E-state index contributed by atoms with van der Waals surface area (Å²) in [5.41, 5.74) is 3.71. The van der Waals surface area contributed by atoms with E-state index in [1.807, 2.05) is 13.0 Å². The van der Waals surface area contributed by atoms with Crippen LogP contribution in [0.1, 0.15) is 48.3 Å². The predicted octanol–water partition coefficient (Wildman–Crippen LogP) is 7.15. The monoisotopic (exact) mass is 492 g/mol. The number of nitrogens with one attached hydrogen (secondary N) is 1. The molecule has 0 unspecified atom stereocenters. The lowest BCUT2D eigenvalue weighted by Gasteiger charge is -2.33. The molecule has 1 N–H and O–H groups in total. The molecule has 1 saturated carbocycles. The summed E-state index contributed by atoms with van der Waals surface area (Å²) in [6.45, 7) is 4.83. The van der Waals surface area contributed by atoms with E-state index in [9.17, 15) is 13.6 Å². The van der Waals surface area contributed by atoms with Crippen molar-refractivity contribution in [2.24, 2.45) is 5.92 Å². The number of hydrogen-bond acceptors (Lipinski definition) is 3. The van der Waals surface area contributed by atoms with E-state index in [0.29, 0.717) is 11.6 Å². The van der Waals surface area contributed by atoms with Crippen LogP contribution < -0.4 is 5.32 Å². The van der Waals surface area contributed by atoms with Crippen molar-refractivity contribution < 1.29 is 13.6 Å². The number of benzene rings is 3. The lowest BCUT2D eigenvalue weighted by molar-refractivity contribution is -0.117. The molecular formula is C29H30F2N2OS. The van der Waals surface area contributed by atoms with E-state index in [4.69, 9.17) is 0 Å². The van der Waals surface area contributed by atoms with Crippen molar-refractivity contribution in [1.82, 2.24) is 4.90 Å². The molecule has 0 aromatic heterocycles. The summed E-state index contributed by atoms with van der Waals surface area (Å²) in [5, 5.41) is 2.80. The van der Waals surface area contributed by atoms with E-state index in [1.165, 1.54) is 17.7 Å². The number of anilines is 1. The second-order valence-corrected chi connectivity index (χ2v) is 10.8. The Morgan fingerprint density at radius 1 is 0.943 bits per heavy atom. The van der Waals surface area contributed by atoms with Gasteiger partial charge in [0.1, 0.15) is 11.6 Å². The van der Waals surface area contributed by atoms with E-state index in [1.54, 1.807) is 30.0 Å². The minimum Gasteiger partial charge on any atom is -0.323 e. The van der Waals surface area contributed by atoms with Gasteiger partial charge in [-0.05, 0) is 117 Å². The summed E-state index contributed by atoms with van der Waals surface area (Å²) < 4.78 is 27.6. The molecule has 182 valence electrons. The SMILES string of the molecule is Cc1cc(F)c(NC(=O)C2CC2)cc1C1CCN(Cc2ccc(Sc3ccc(F)cc3)cc2)CC1. The molecule has 3 aromatic rings. The maximum atomic E-state index is 14.5. The molecule has 3 nitrogen and oxygen atoms in total. The standard InChI is InChI=1S/C29H30F2N2OS/c1-19-16-27(31)28(32-29(34)22-4-5-22)17-26(19)21-12-14-33(15-13-21)18-20-2-8-24(9-3-20)35-25-10-6-23(30)7-11-25/h2-3,6-11,16-17,21-22H,4-5,12-15,18H2,1H3,(H,32,34). The van der Waals surface area contributed by atoms with Crippen LogP contribution in [-0.2, 0) is 11.3 Å². The first-order valence-corrected chi connectivity index (χ1v) is 13.1. The zero-order valence-electron chi connectivity index (χ0n) is 19.9. The highest BCUT2D eigenvalue weighted by Crippen LogP contribution is 2.35. The summed E-state index contributed by atoms with van der Waals surface area (Å²) in [5.74, 6) is -0.200. The largest absolute Gasteiger partial charge is 0.323 e. The number of carbonyl (C=O) groups excluding carboxylic acids is 1. The fraction of sp³-hybridized carbons (Fsp3) is 0.345. The van der Waals surface area contributed by atoms with E-state index >= 15 is 0 Å². The molecule has 1 amide bonds. The Kier molecular flexibility index (Phi) is 7.21. The molecule has 5 rings (SSSR count). The van der Waals surface area contributed by atoms with E-state index in [0.717, 1.165) is 66.2 Å². The average Bonchev–Trinajstić information content (AvgIpc) is 3.70. The molecule has 1 heterocycles. The summed E-state index contributed by atoms with van der Waals surface area (Å²) >= 11 is 1.63. The molecule has 35 heavy (non-hydrogen) atoms. The second-order valence-electron chi connectivity index (χ2n) is 9.70. The van der Waals surface area contributed by atoms with Crippen LogP contribution in [0.5, 0.6) is 0 Å². The zero-order chi connectivity index (χ0) is 24.4. The van der Waals surface area contributed by atoms with Gasteiger partial charge in [-0.25, -0.2) is 8.78 Å². The van der Waals surface area contributed by atoms with E-state index in [-0.39, 0.29) is 23.5 Å². The lowest BCUT2D eigenvalue weighted by Crippen LogP contribution is -2.32. The number of rotatable bonds is 7. The van der Waals surface area contributed by atoms with E-state index < -0.39 is 0 Å². The smallest absolute Gasteiger partial charge is 0.227 e. The molecule has 0 spiro atoms. The number of piperidine rings is 1. The highest BCUT2D eigenvalue weighted by molar-refractivity contribution is 7.99. The number of carbonyl (C=O) groups is 1. The first-order chi connectivity index (χ1) is 16.9. The van der Waals surface area contributed by atoms with Gasteiger partial charge in [0.25, 0.3) is 0 Å². The Morgan fingerprint density at radius 3 is 2.20 bits per heavy atom. The van der Waals surface area contributed by atoms with Crippen LogP contribution in [-0.4, -0.2) is 23.9 Å². The van der Waals surface area contributed by atoms with Crippen molar-refractivity contribution >= 4 is 23.4 Å². The molecule has 1 aliphatic carbocycles. The van der Waals surface area contributed by atoms with Crippen LogP contribution in [0.25, 0.3) is 0 Å². The van der Waals surface area contributed by atoms with Crippen molar-refractivity contribution in [2.75, 3.05) is 18.4 Å². The minimum atomic E-state index is -0.348. The summed E-state index contributed by atoms with van der Waals surface area (Å²) in [6.07, 6.45) is 3.84. The quantitative estimate of drug-likeness (QED) is 0.380. The van der Waals surface area contributed by atoms with Crippen molar-refractivity contribution in [3.05, 3.63) is 89.0 Å². The van der Waals surface area contributed by atoms with Gasteiger partial charge in [0, 0.05) is 22.3 Å². The Labute approximate surface area is 209 Å². The molecule has 2 fully saturated rings. The molecule has 0 bridgehead atoms. The molecular weight excluding hydrogens is 462 g/mol. The molecule has 6 heteroatoms. The summed E-state index contributed by atoms with van der Waals surface area (Å²) in [4.78, 5) is 16.8. The molecule has 3 aromatic carbocycles. The highest BCUT2D eigenvalue weighted by atomic mass is 32.2. The van der Waals surface area contributed by atoms with Crippen LogP contribution in [0.3, 0.4) is 0 Å². The maximum Gasteiger partial charge on any atom is 0.227 e. The van der Waals surface area contributed by atoms with Crippen molar-refractivity contribution in [3.63, 3.8) is 0 Å². The number of aryl methyl sites for hydroxylation is 1. The number of amides is 1. The number of hydrogen-bond donors (Lipinski definition) is 1. The Balaban J connectivity index is 1.16. The van der Waals surface area contributed by atoms with Crippen LogP contribution in [0.15, 0.2) is 70.5 Å². The summed E-state index contributed by atoms with van der Waals surface area (Å²) in [6, 6.07) is 18.6. The maximum absolute atomic E-state index is 14.5. The highest BCUT2D eigenvalue weighted by Gasteiger charge is 2.30. The van der Waals surface area contributed by atoms with Crippen LogP contribution in [0, 0.1) is 24.5 Å². The second kappa shape index (κ2) is 10.5. The van der Waals surface area contributed by atoms with Gasteiger partial charge in [-0.1, -0.05) is 23.9 Å². The van der Waals surface area contributed by atoms with Gasteiger partial charge in [0.05, 0.1) is 5.69 Å². The molecule has 0 atom stereocenters. The minimum absolute atomic E-state index is 0.0537. The number of halogens is 2. The van der Waals surface area contributed by atoms with Gasteiger partial charge in [-0.15, -0.1) is 0 Å².